The highest BCUT2D eigenvalue weighted by molar-refractivity contribution is 6.20. The summed E-state index contributed by atoms with van der Waals surface area (Å²) in [5.41, 5.74) is 3.86. The van der Waals surface area contributed by atoms with E-state index in [0.29, 0.717) is 0 Å². The molecule has 1 atom stereocenters. The standard InChI is InChI=1S/C16H29ClN2/c1-6-12(7-2)11-19-15(10-5)16(13(17)8-3)14(9-4)18-19/h12-13H,6-11H2,1-5H3. The first-order valence-corrected chi connectivity index (χ1v) is 8.28. The molecular weight excluding hydrogens is 256 g/mol. The summed E-state index contributed by atoms with van der Waals surface area (Å²) in [6.45, 7) is 12.1. The van der Waals surface area contributed by atoms with Crippen molar-refractivity contribution in [2.24, 2.45) is 5.92 Å². The summed E-state index contributed by atoms with van der Waals surface area (Å²) in [5.74, 6) is 0.721. The van der Waals surface area contributed by atoms with Crippen LogP contribution in [0.15, 0.2) is 0 Å². The smallest absolute Gasteiger partial charge is 0.0671 e. The van der Waals surface area contributed by atoms with Crippen LogP contribution in [0.5, 0.6) is 0 Å². The van der Waals surface area contributed by atoms with E-state index in [9.17, 15) is 0 Å². The van der Waals surface area contributed by atoms with Crippen molar-refractivity contribution in [1.82, 2.24) is 9.78 Å². The van der Waals surface area contributed by atoms with Gasteiger partial charge in [0.15, 0.2) is 0 Å². The summed E-state index contributed by atoms with van der Waals surface area (Å²) in [6, 6.07) is 0. The summed E-state index contributed by atoms with van der Waals surface area (Å²) in [4.78, 5) is 0. The highest BCUT2D eigenvalue weighted by Crippen LogP contribution is 2.31. The Hall–Kier alpha value is -0.500. The van der Waals surface area contributed by atoms with Crippen molar-refractivity contribution in [2.45, 2.75) is 78.6 Å². The molecule has 19 heavy (non-hydrogen) atoms. The highest BCUT2D eigenvalue weighted by atomic mass is 35.5. The minimum Gasteiger partial charge on any atom is -0.269 e. The Balaban J connectivity index is 3.14. The van der Waals surface area contributed by atoms with Gasteiger partial charge >= 0.3 is 0 Å². The highest BCUT2D eigenvalue weighted by Gasteiger charge is 2.21. The van der Waals surface area contributed by atoms with Crippen LogP contribution in [-0.4, -0.2) is 9.78 Å². The Kier molecular flexibility index (Phi) is 6.92. The van der Waals surface area contributed by atoms with E-state index in [2.05, 4.69) is 39.3 Å². The lowest BCUT2D eigenvalue weighted by atomic mass is 10.0. The molecule has 0 aromatic carbocycles. The van der Waals surface area contributed by atoms with Crippen molar-refractivity contribution < 1.29 is 0 Å². The second kappa shape index (κ2) is 7.94. The van der Waals surface area contributed by atoms with Crippen LogP contribution in [0.25, 0.3) is 0 Å². The zero-order valence-corrected chi connectivity index (χ0v) is 13.9. The Bertz CT molecular complexity index is 380. The molecule has 0 saturated carbocycles. The molecule has 0 spiro atoms. The minimum absolute atomic E-state index is 0.111. The maximum Gasteiger partial charge on any atom is 0.0671 e. The van der Waals surface area contributed by atoms with Crippen LogP contribution >= 0.6 is 11.6 Å². The molecule has 0 saturated heterocycles. The normalized spacial score (nSPS) is 13.2. The topological polar surface area (TPSA) is 17.8 Å². The lowest BCUT2D eigenvalue weighted by molar-refractivity contribution is 0.387. The van der Waals surface area contributed by atoms with E-state index in [1.54, 1.807) is 0 Å². The molecule has 1 heterocycles. The maximum absolute atomic E-state index is 6.52. The molecule has 0 aliphatic carbocycles. The van der Waals surface area contributed by atoms with E-state index in [0.717, 1.165) is 31.7 Å². The Morgan fingerprint density at radius 1 is 1.00 bits per heavy atom. The number of nitrogens with zero attached hydrogens (tertiary/aromatic N) is 2. The predicted molar refractivity (Wildman–Crippen MR) is 83.9 cm³/mol. The van der Waals surface area contributed by atoms with E-state index < -0.39 is 0 Å². The fourth-order valence-corrected chi connectivity index (χ4v) is 2.96. The van der Waals surface area contributed by atoms with Crippen molar-refractivity contribution in [3.8, 4) is 0 Å². The summed E-state index contributed by atoms with van der Waals surface area (Å²) in [5, 5.41) is 4.95. The molecule has 110 valence electrons. The second-order valence-corrected chi connectivity index (χ2v) is 5.78. The van der Waals surface area contributed by atoms with Gasteiger partial charge in [0, 0.05) is 17.8 Å². The summed E-state index contributed by atoms with van der Waals surface area (Å²) in [6.07, 6.45) is 5.40. The largest absolute Gasteiger partial charge is 0.269 e. The summed E-state index contributed by atoms with van der Waals surface area (Å²) < 4.78 is 2.23. The molecule has 1 aromatic heterocycles. The first-order valence-electron chi connectivity index (χ1n) is 7.85. The third-order valence-corrected chi connectivity index (χ3v) is 4.63. The molecule has 1 aromatic rings. The molecule has 1 unspecified atom stereocenters. The molecule has 0 bridgehead atoms. The number of aryl methyl sites for hydroxylation is 1. The van der Waals surface area contributed by atoms with Gasteiger partial charge in [0.1, 0.15) is 0 Å². The SMILES string of the molecule is CCc1nn(CC(CC)CC)c(CC)c1C(Cl)CC. The summed E-state index contributed by atoms with van der Waals surface area (Å²) in [7, 11) is 0. The Labute approximate surface area is 123 Å². The zero-order chi connectivity index (χ0) is 14.4. The lowest BCUT2D eigenvalue weighted by Gasteiger charge is -2.15. The third-order valence-electron chi connectivity index (χ3n) is 4.10. The number of hydrogen-bond acceptors (Lipinski definition) is 1. The third kappa shape index (κ3) is 3.75. The van der Waals surface area contributed by atoms with Crippen LogP contribution < -0.4 is 0 Å². The van der Waals surface area contributed by atoms with Gasteiger partial charge in [-0.05, 0) is 25.2 Å². The zero-order valence-electron chi connectivity index (χ0n) is 13.2. The Morgan fingerprint density at radius 3 is 2.05 bits per heavy atom. The Morgan fingerprint density at radius 2 is 1.63 bits per heavy atom. The molecule has 1 rings (SSSR count). The van der Waals surface area contributed by atoms with Gasteiger partial charge in [-0.2, -0.15) is 5.10 Å². The molecule has 0 radical (unpaired) electrons. The maximum atomic E-state index is 6.52. The number of rotatable bonds is 8. The average Bonchev–Trinajstić information content (AvgIpc) is 2.81. The van der Waals surface area contributed by atoms with E-state index in [-0.39, 0.29) is 5.38 Å². The van der Waals surface area contributed by atoms with Crippen molar-refractivity contribution in [3.05, 3.63) is 17.0 Å². The van der Waals surface area contributed by atoms with Gasteiger partial charge in [-0.25, -0.2) is 0 Å². The minimum atomic E-state index is 0.111. The van der Waals surface area contributed by atoms with Crippen molar-refractivity contribution in [1.29, 1.82) is 0 Å². The monoisotopic (exact) mass is 284 g/mol. The van der Waals surface area contributed by atoms with Crippen LogP contribution in [0.1, 0.15) is 76.2 Å². The van der Waals surface area contributed by atoms with Crippen LogP contribution in [0.3, 0.4) is 0 Å². The van der Waals surface area contributed by atoms with Crippen molar-refractivity contribution in [2.75, 3.05) is 0 Å². The van der Waals surface area contributed by atoms with Crippen LogP contribution in [0, 0.1) is 5.92 Å². The number of alkyl halides is 1. The fraction of sp³-hybridized carbons (Fsp3) is 0.812. The van der Waals surface area contributed by atoms with Gasteiger partial charge in [0.25, 0.3) is 0 Å². The first kappa shape index (κ1) is 16.6. The fourth-order valence-electron chi connectivity index (χ4n) is 2.71. The number of aromatic nitrogens is 2. The van der Waals surface area contributed by atoms with Gasteiger partial charge in [0.05, 0.1) is 11.1 Å². The van der Waals surface area contributed by atoms with Crippen LogP contribution in [0.2, 0.25) is 0 Å². The quantitative estimate of drug-likeness (QED) is 0.605. The predicted octanol–water partition coefficient (Wildman–Crippen LogP) is 5.13. The molecule has 0 amide bonds. The second-order valence-electron chi connectivity index (χ2n) is 5.25. The van der Waals surface area contributed by atoms with Crippen LogP contribution in [-0.2, 0) is 19.4 Å². The van der Waals surface area contributed by atoms with Gasteiger partial charge in [-0.15, -0.1) is 11.6 Å². The molecule has 3 heteroatoms. The lowest BCUT2D eigenvalue weighted by Crippen LogP contribution is -2.13. The van der Waals surface area contributed by atoms with E-state index in [4.69, 9.17) is 16.7 Å². The van der Waals surface area contributed by atoms with Gasteiger partial charge in [-0.1, -0.05) is 47.5 Å². The average molecular weight is 285 g/mol. The number of hydrogen-bond donors (Lipinski definition) is 0. The summed E-state index contributed by atoms with van der Waals surface area (Å²) >= 11 is 6.52. The van der Waals surface area contributed by atoms with Gasteiger partial charge in [0.2, 0.25) is 0 Å². The van der Waals surface area contributed by atoms with Gasteiger partial charge < -0.3 is 0 Å². The molecule has 0 aliphatic heterocycles. The van der Waals surface area contributed by atoms with Crippen molar-refractivity contribution in [3.63, 3.8) is 0 Å². The van der Waals surface area contributed by atoms with E-state index >= 15 is 0 Å². The van der Waals surface area contributed by atoms with Gasteiger partial charge in [-0.3, -0.25) is 4.68 Å². The molecule has 0 fully saturated rings. The molecular formula is C16H29ClN2. The van der Waals surface area contributed by atoms with E-state index in [1.807, 2.05) is 0 Å². The van der Waals surface area contributed by atoms with Crippen LogP contribution in [0.4, 0.5) is 0 Å². The number of halogens is 1. The molecule has 0 N–H and O–H groups in total. The molecule has 0 aliphatic rings. The first-order chi connectivity index (χ1) is 9.12. The molecule has 2 nitrogen and oxygen atoms in total. The van der Waals surface area contributed by atoms with E-state index in [1.165, 1.54) is 29.8 Å². The van der Waals surface area contributed by atoms with Crippen molar-refractivity contribution >= 4 is 11.6 Å².